The maximum atomic E-state index is 12.3. The van der Waals surface area contributed by atoms with Crippen LogP contribution in [0.25, 0.3) is 0 Å². The van der Waals surface area contributed by atoms with Crippen molar-refractivity contribution in [1.29, 1.82) is 0 Å². The van der Waals surface area contributed by atoms with E-state index in [-0.39, 0.29) is 0 Å². The predicted molar refractivity (Wildman–Crippen MR) is 68.6 cm³/mol. The average Bonchev–Trinajstić information content (AvgIpc) is 2.87. The van der Waals surface area contributed by atoms with Gasteiger partial charge in [0.25, 0.3) is 0 Å². The highest BCUT2D eigenvalue weighted by atomic mass is 79.9. The van der Waals surface area contributed by atoms with Crippen molar-refractivity contribution < 1.29 is 8.42 Å². The minimum absolute atomic E-state index is 0.303. The molecule has 0 saturated carbocycles. The van der Waals surface area contributed by atoms with Crippen molar-refractivity contribution in [3.8, 4) is 0 Å². The number of rotatable bonds is 4. The third kappa shape index (κ3) is 2.56. The first-order valence-electron chi connectivity index (χ1n) is 5.61. The number of aromatic amines is 1. The predicted octanol–water partition coefficient (Wildman–Crippen LogP) is 1.51. The summed E-state index contributed by atoms with van der Waals surface area (Å²) in [6, 6.07) is 0. The molecule has 5 nitrogen and oxygen atoms in total. The van der Waals surface area contributed by atoms with Crippen LogP contribution < -0.4 is 0 Å². The highest BCUT2D eigenvalue weighted by Crippen LogP contribution is 2.27. The Hall–Kier alpha value is -0.400. The van der Waals surface area contributed by atoms with E-state index in [1.165, 1.54) is 6.20 Å². The summed E-state index contributed by atoms with van der Waals surface area (Å²) in [4.78, 5) is 0.303. The summed E-state index contributed by atoms with van der Waals surface area (Å²) in [6.45, 7) is 2.97. The fourth-order valence-corrected chi connectivity index (χ4v) is 4.44. The lowest BCUT2D eigenvalue weighted by atomic mass is 10.1. The fraction of sp³-hybridized carbons (Fsp3) is 0.700. The van der Waals surface area contributed by atoms with Crippen molar-refractivity contribution in [2.75, 3.05) is 18.4 Å². The summed E-state index contributed by atoms with van der Waals surface area (Å²) in [5.74, 6) is 0.469. The quantitative estimate of drug-likeness (QED) is 0.855. The molecule has 1 atom stereocenters. The SMILES string of the molecule is Cc1[nH]ncc1S(=O)(=O)N1CCC(CCBr)C1. The Labute approximate surface area is 110 Å². The molecule has 1 N–H and O–H groups in total. The van der Waals surface area contributed by atoms with Gasteiger partial charge in [0.1, 0.15) is 4.90 Å². The van der Waals surface area contributed by atoms with Crippen molar-refractivity contribution in [3.05, 3.63) is 11.9 Å². The lowest BCUT2D eigenvalue weighted by Crippen LogP contribution is -2.29. The molecular formula is C10H16BrN3O2S. The number of nitrogens with one attached hydrogen (secondary N) is 1. The third-order valence-corrected chi connectivity index (χ3v) is 5.60. The zero-order chi connectivity index (χ0) is 12.5. The lowest BCUT2D eigenvalue weighted by molar-refractivity contribution is 0.454. The number of H-pyrrole nitrogens is 1. The number of halogens is 1. The number of hydrogen-bond acceptors (Lipinski definition) is 3. The Morgan fingerprint density at radius 2 is 2.41 bits per heavy atom. The average molecular weight is 322 g/mol. The van der Waals surface area contributed by atoms with Crippen molar-refractivity contribution in [1.82, 2.24) is 14.5 Å². The van der Waals surface area contributed by atoms with E-state index in [0.29, 0.717) is 29.6 Å². The number of hydrogen-bond donors (Lipinski definition) is 1. The minimum Gasteiger partial charge on any atom is -0.281 e. The molecule has 1 fully saturated rings. The van der Waals surface area contributed by atoms with Gasteiger partial charge in [-0.3, -0.25) is 5.10 Å². The van der Waals surface area contributed by atoms with Crippen LogP contribution in [0.15, 0.2) is 11.1 Å². The molecule has 0 spiro atoms. The Bertz CT molecular complexity index is 485. The van der Waals surface area contributed by atoms with Crippen LogP contribution in [-0.4, -0.2) is 41.3 Å². The van der Waals surface area contributed by atoms with E-state index in [1.807, 2.05) is 0 Å². The Morgan fingerprint density at radius 1 is 1.65 bits per heavy atom. The van der Waals surface area contributed by atoms with Crippen molar-refractivity contribution in [3.63, 3.8) is 0 Å². The Kier molecular flexibility index (Phi) is 3.89. The van der Waals surface area contributed by atoms with E-state index in [9.17, 15) is 8.42 Å². The highest BCUT2D eigenvalue weighted by molar-refractivity contribution is 9.09. The first-order chi connectivity index (χ1) is 8.05. The van der Waals surface area contributed by atoms with E-state index < -0.39 is 10.0 Å². The Balaban J connectivity index is 2.16. The van der Waals surface area contributed by atoms with Crippen LogP contribution >= 0.6 is 15.9 Å². The van der Waals surface area contributed by atoms with Gasteiger partial charge in [-0.15, -0.1) is 0 Å². The number of alkyl halides is 1. The second kappa shape index (κ2) is 5.07. The van der Waals surface area contributed by atoms with Crippen molar-refractivity contribution in [2.24, 2.45) is 5.92 Å². The zero-order valence-corrected chi connectivity index (χ0v) is 12.1. The Morgan fingerprint density at radius 3 is 3.00 bits per heavy atom. The van der Waals surface area contributed by atoms with Crippen LogP contribution in [0.1, 0.15) is 18.5 Å². The zero-order valence-electron chi connectivity index (χ0n) is 9.69. The van der Waals surface area contributed by atoms with Gasteiger partial charge in [0.05, 0.1) is 11.9 Å². The third-order valence-electron chi connectivity index (χ3n) is 3.17. The molecule has 7 heteroatoms. The molecule has 0 bridgehead atoms. The monoisotopic (exact) mass is 321 g/mol. The van der Waals surface area contributed by atoms with Crippen LogP contribution in [0.5, 0.6) is 0 Å². The molecule has 1 aromatic heterocycles. The number of nitrogens with zero attached hydrogens (tertiary/aromatic N) is 2. The maximum absolute atomic E-state index is 12.3. The van der Waals surface area contributed by atoms with Crippen LogP contribution in [0.3, 0.4) is 0 Å². The minimum atomic E-state index is -3.35. The molecule has 1 aromatic rings. The summed E-state index contributed by atoms with van der Waals surface area (Å²) in [6.07, 6.45) is 3.36. The first kappa shape index (κ1) is 13.0. The van der Waals surface area contributed by atoms with Crippen LogP contribution in [0.4, 0.5) is 0 Å². The van der Waals surface area contributed by atoms with Gasteiger partial charge in [-0.1, -0.05) is 15.9 Å². The molecule has 2 rings (SSSR count). The van der Waals surface area contributed by atoms with E-state index in [2.05, 4.69) is 26.1 Å². The normalized spacial score (nSPS) is 22.1. The second-order valence-electron chi connectivity index (χ2n) is 4.35. The number of aromatic nitrogens is 2. The summed E-state index contributed by atoms with van der Waals surface area (Å²) in [5.41, 5.74) is 0.606. The molecule has 96 valence electrons. The van der Waals surface area contributed by atoms with Gasteiger partial charge in [-0.25, -0.2) is 8.42 Å². The number of aryl methyl sites for hydroxylation is 1. The van der Waals surface area contributed by atoms with Gasteiger partial charge in [-0.05, 0) is 25.7 Å². The summed E-state index contributed by atoms with van der Waals surface area (Å²) in [5, 5.41) is 7.37. The lowest BCUT2D eigenvalue weighted by Gasteiger charge is -2.15. The van der Waals surface area contributed by atoms with Gasteiger partial charge < -0.3 is 0 Å². The molecule has 1 aliphatic heterocycles. The smallest absolute Gasteiger partial charge is 0.246 e. The van der Waals surface area contributed by atoms with Gasteiger partial charge in [0.15, 0.2) is 0 Å². The fourth-order valence-electron chi connectivity index (χ4n) is 2.14. The van der Waals surface area contributed by atoms with Crippen molar-refractivity contribution in [2.45, 2.75) is 24.7 Å². The molecule has 2 heterocycles. The largest absolute Gasteiger partial charge is 0.281 e. The molecule has 0 radical (unpaired) electrons. The molecule has 0 aliphatic carbocycles. The van der Waals surface area contributed by atoms with Gasteiger partial charge in [0, 0.05) is 18.4 Å². The molecule has 0 amide bonds. The van der Waals surface area contributed by atoms with Gasteiger partial charge in [0.2, 0.25) is 10.0 Å². The van der Waals surface area contributed by atoms with E-state index >= 15 is 0 Å². The van der Waals surface area contributed by atoms with Gasteiger partial charge >= 0.3 is 0 Å². The summed E-state index contributed by atoms with van der Waals surface area (Å²) in [7, 11) is -3.35. The van der Waals surface area contributed by atoms with Crippen LogP contribution in [0, 0.1) is 12.8 Å². The molecule has 1 saturated heterocycles. The number of sulfonamides is 1. The molecular weight excluding hydrogens is 306 g/mol. The van der Waals surface area contributed by atoms with E-state index in [4.69, 9.17) is 0 Å². The van der Waals surface area contributed by atoms with Crippen molar-refractivity contribution >= 4 is 26.0 Å². The standard InChI is InChI=1S/C10H16BrN3O2S/c1-8-10(6-12-13-8)17(15,16)14-5-3-9(7-14)2-4-11/h6,9H,2-5,7H2,1H3,(H,12,13). The molecule has 1 aliphatic rings. The highest BCUT2D eigenvalue weighted by Gasteiger charge is 2.33. The second-order valence-corrected chi connectivity index (χ2v) is 7.05. The first-order valence-corrected chi connectivity index (χ1v) is 8.18. The topological polar surface area (TPSA) is 66.1 Å². The maximum Gasteiger partial charge on any atom is 0.246 e. The molecule has 17 heavy (non-hydrogen) atoms. The van der Waals surface area contributed by atoms with Gasteiger partial charge in [-0.2, -0.15) is 9.40 Å². The van der Waals surface area contributed by atoms with E-state index in [1.54, 1.807) is 11.2 Å². The summed E-state index contributed by atoms with van der Waals surface area (Å²) >= 11 is 3.40. The van der Waals surface area contributed by atoms with E-state index in [0.717, 1.165) is 18.2 Å². The molecule has 0 aromatic carbocycles. The van der Waals surface area contributed by atoms with Crippen LogP contribution in [0.2, 0.25) is 0 Å². The summed E-state index contributed by atoms with van der Waals surface area (Å²) < 4.78 is 26.2. The van der Waals surface area contributed by atoms with Crippen LogP contribution in [-0.2, 0) is 10.0 Å². The molecule has 1 unspecified atom stereocenters.